The van der Waals surface area contributed by atoms with Crippen molar-refractivity contribution in [1.29, 1.82) is 0 Å². The number of amides is 3. The number of imidazole rings is 1. The summed E-state index contributed by atoms with van der Waals surface area (Å²) >= 11 is 0. The minimum atomic E-state index is -0.578. The van der Waals surface area contributed by atoms with Crippen LogP contribution in [0, 0.1) is 5.41 Å². The first-order valence-corrected chi connectivity index (χ1v) is 16.7. The van der Waals surface area contributed by atoms with E-state index in [9.17, 15) is 24.0 Å². The van der Waals surface area contributed by atoms with Gasteiger partial charge in [-0.05, 0) is 78.6 Å². The molecular formula is C32H51N7O7. The van der Waals surface area contributed by atoms with E-state index in [-0.39, 0.29) is 48.2 Å². The average molecular weight is 646 g/mol. The number of rotatable bonds is 15. The summed E-state index contributed by atoms with van der Waals surface area (Å²) in [4.78, 5) is 71.5. The van der Waals surface area contributed by atoms with Gasteiger partial charge < -0.3 is 30.4 Å². The molecule has 5 rings (SSSR count). The number of hydrogen-bond acceptors (Lipinski definition) is 8. The van der Waals surface area contributed by atoms with Crippen LogP contribution in [0.15, 0.2) is 9.59 Å². The van der Waals surface area contributed by atoms with Gasteiger partial charge in [-0.2, -0.15) is 0 Å². The predicted molar refractivity (Wildman–Crippen MR) is 173 cm³/mol. The number of fused-ring (bicyclic) bond motifs is 4. The second-order valence-electron chi connectivity index (χ2n) is 13.7. The molecule has 3 aliphatic carbocycles. The number of aromatic nitrogens is 4. The van der Waals surface area contributed by atoms with E-state index in [1.54, 1.807) is 25.3 Å². The Bertz CT molecular complexity index is 1490. The smallest absolute Gasteiger partial charge is 0.407 e. The topological polar surface area (TPSA) is 178 Å². The summed E-state index contributed by atoms with van der Waals surface area (Å²) < 4.78 is 13.4. The molecule has 0 aliphatic heterocycles. The zero-order valence-electron chi connectivity index (χ0n) is 28.0. The maximum Gasteiger partial charge on any atom is 0.407 e. The summed E-state index contributed by atoms with van der Waals surface area (Å²) in [6.45, 7) is 11.3. The molecule has 3 aliphatic rings. The van der Waals surface area contributed by atoms with Gasteiger partial charge in [0.05, 0.1) is 6.61 Å². The van der Waals surface area contributed by atoms with E-state index in [1.165, 1.54) is 4.57 Å². The molecule has 46 heavy (non-hydrogen) atoms. The van der Waals surface area contributed by atoms with E-state index in [2.05, 4.69) is 20.9 Å². The maximum atomic E-state index is 13.3. The van der Waals surface area contributed by atoms with Crippen molar-refractivity contribution in [3.05, 3.63) is 26.7 Å². The van der Waals surface area contributed by atoms with Crippen molar-refractivity contribution in [1.82, 2.24) is 35.1 Å². The SMILES string of the molecule is CCCn1c(=O)c2[nH]c(C34CCC(C(=O)NCCCNC(=O)COCCNC(=O)OC(C)(C)C)(CC3)CC4)nc2n(CCC)c1=O. The highest BCUT2D eigenvalue weighted by molar-refractivity contribution is 5.83. The van der Waals surface area contributed by atoms with Crippen LogP contribution >= 0.6 is 0 Å². The van der Waals surface area contributed by atoms with Crippen LogP contribution < -0.4 is 27.2 Å². The number of aryl methyl sites for hydroxylation is 1. The standard InChI is InChI=1S/C32H51N7O7/c1-6-18-38-24-23(25(41)39(19-7-2)29(38)44)36-26(37-24)31-9-12-32(13-10-31,14-11-31)27(42)34-16-8-15-33-22(40)21-45-20-17-35-28(43)46-30(3,4)5/h6-21H2,1-5H3,(H,33,40)(H,34,42)(H,35,43)(H,36,37). The summed E-state index contributed by atoms with van der Waals surface area (Å²) in [5, 5.41) is 8.42. The number of hydrogen-bond donors (Lipinski definition) is 4. The van der Waals surface area contributed by atoms with Crippen molar-refractivity contribution in [2.45, 2.75) is 117 Å². The molecule has 3 amide bonds. The molecule has 14 heteroatoms. The van der Waals surface area contributed by atoms with Crippen LogP contribution in [0.2, 0.25) is 0 Å². The number of alkyl carbamates (subject to hydrolysis) is 1. The molecule has 0 atom stereocenters. The van der Waals surface area contributed by atoms with Gasteiger partial charge in [0, 0.05) is 43.6 Å². The Hall–Kier alpha value is -3.68. The Morgan fingerprint density at radius 2 is 1.52 bits per heavy atom. The summed E-state index contributed by atoms with van der Waals surface area (Å²) in [5.74, 6) is 0.544. The lowest BCUT2D eigenvalue weighted by atomic mass is 9.53. The van der Waals surface area contributed by atoms with Gasteiger partial charge in [0.15, 0.2) is 5.65 Å². The van der Waals surface area contributed by atoms with Crippen LogP contribution in [-0.2, 0) is 37.6 Å². The highest BCUT2D eigenvalue weighted by Gasteiger charge is 2.54. The van der Waals surface area contributed by atoms with Crippen molar-refractivity contribution in [2.75, 3.05) is 32.8 Å². The molecule has 0 aromatic carbocycles. The quantitative estimate of drug-likeness (QED) is 0.213. The van der Waals surface area contributed by atoms with Crippen LogP contribution in [0.5, 0.6) is 0 Å². The summed E-state index contributed by atoms with van der Waals surface area (Å²) in [7, 11) is 0. The van der Waals surface area contributed by atoms with Gasteiger partial charge in [-0.3, -0.25) is 23.5 Å². The maximum absolute atomic E-state index is 13.3. The summed E-state index contributed by atoms with van der Waals surface area (Å²) in [6.07, 6.45) is 6.03. The van der Waals surface area contributed by atoms with Crippen LogP contribution in [-0.4, -0.2) is 75.5 Å². The van der Waals surface area contributed by atoms with E-state index in [1.807, 2.05) is 13.8 Å². The van der Waals surface area contributed by atoms with Crippen molar-refractivity contribution in [2.24, 2.45) is 5.41 Å². The fraction of sp³-hybridized carbons (Fsp3) is 0.750. The Morgan fingerprint density at radius 1 is 0.891 bits per heavy atom. The van der Waals surface area contributed by atoms with E-state index in [0.717, 1.165) is 50.8 Å². The molecule has 2 aromatic heterocycles. The van der Waals surface area contributed by atoms with Crippen molar-refractivity contribution >= 4 is 29.1 Å². The fourth-order valence-electron chi connectivity index (χ4n) is 6.61. The molecular weight excluding hydrogens is 594 g/mol. The van der Waals surface area contributed by atoms with E-state index < -0.39 is 17.1 Å². The van der Waals surface area contributed by atoms with Gasteiger partial charge in [0.25, 0.3) is 5.56 Å². The lowest BCUT2D eigenvalue weighted by Gasteiger charge is -2.51. The van der Waals surface area contributed by atoms with Gasteiger partial charge in [0.2, 0.25) is 11.8 Å². The molecule has 3 saturated carbocycles. The zero-order valence-corrected chi connectivity index (χ0v) is 28.0. The first-order valence-electron chi connectivity index (χ1n) is 16.7. The van der Waals surface area contributed by atoms with Gasteiger partial charge in [-0.1, -0.05) is 13.8 Å². The minimum absolute atomic E-state index is 0.0526. The Kier molecular flexibility index (Phi) is 11.3. The Labute approximate surface area is 269 Å². The lowest BCUT2D eigenvalue weighted by molar-refractivity contribution is -0.138. The molecule has 0 unspecified atom stereocenters. The minimum Gasteiger partial charge on any atom is -0.444 e. The Morgan fingerprint density at radius 3 is 2.15 bits per heavy atom. The van der Waals surface area contributed by atoms with Crippen LogP contribution in [0.1, 0.15) is 98.2 Å². The normalized spacial score (nSPS) is 20.9. The summed E-state index contributed by atoms with van der Waals surface area (Å²) in [5.41, 5.74) is -1.05. The summed E-state index contributed by atoms with van der Waals surface area (Å²) in [6, 6.07) is 0. The lowest BCUT2D eigenvalue weighted by Crippen LogP contribution is -2.52. The monoisotopic (exact) mass is 645 g/mol. The third-order valence-electron chi connectivity index (χ3n) is 9.10. The highest BCUT2D eigenvalue weighted by Crippen LogP contribution is 2.57. The number of aromatic amines is 1. The first kappa shape index (κ1) is 35.2. The van der Waals surface area contributed by atoms with E-state index in [4.69, 9.17) is 14.5 Å². The second kappa shape index (κ2) is 14.8. The van der Waals surface area contributed by atoms with Crippen LogP contribution in [0.25, 0.3) is 11.2 Å². The predicted octanol–water partition coefficient (Wildman–Crippen LogP) is 2.46. The van der Waals surface area contributed by atoms with Crippen molar-refractivity contribution < 1.29 is 23.9 Å². The van der Waals surface area contributed by atoms with E-state index in [0.29, 0.717) is 50.2 Å². The highest BCUT2D eigenvalue weighted by atomic mass is 16.6. The van der Waals surface area contributed by atoms with Gasteiger partial charge in [-0.25, -0.2) is 14.6 Å². The first-order chi connectivity index (χ1) is 21.8. The average Bonchev–Trinajstić information content (AvgIpc) is 3.47. The largest absolute Gasteiger partial charge is 0.444 e. The molecule has 256 valence electrons. The van der Waals surface area contributed by atoms with Crippen molar-refractivity contribution in [3.63, 3.8) is 0 Å². The number of carbonyl (C=O) groups is 3. The number of nitrogens with zero attached hydrogens (tertiary/aromatic N) is 3. The van der Waals surface area contributed by atoms with Gasteiger partial charge in [-0.15, -0.1) is 0 Å². The molecule has 14 nitrogen and oxygen atoms in total. The molecule has 0 saturated heterocycles. The zero-order chi connectivity index (χ0) is 33.5. The third-order valence-corrected chi connectivity index (χ3v) is 9.10. The third kappa shape index (κ3) is 7.99. The van der Waals surface area contributed by atoms with Gasteiger partial charge in [0.1, 0.15) is 23.5 Å². The fourth-order valence-corrected chi connectivity index (χ4v) is 6.61. The van der Waals surface area contributed by atoms with E-state index >= 15 is 0 Å². The molecule has 0 radical (unpaired) electrons. The van der Waals surface area contributed by atoms with Crippen LogP contribution in [0.3, 0.4) is 0 Å². The number of nitrogens with one attached hydrogen (secondary N) is 4. The van der Waals surface area contributed by atoms with Gasteiger partial charge >= 0.3 is 11.8 Å². The second-order valence-corrected chi connectivity index (χ2v) is 13.7. The number of ether oxygens (including phenoxy) is 2. The molecule has 2 heterocycles. The molecule has 4 N–H and O–H groups in total. The molecule has 0 spiro atoms. The molecule has 2 aromatic rings. The molecule has 3 fully saturated rings. The molecule has 2 bridgehead atoms. The van der Waals surface area contributed by atoms with Crippen LogP contribution in [0.4, 0.5) is 4.79 Å². The Balaban J connectivity index is 1.22. The van der Waals surface area contributed by atoms with Crippen molar-refractivity contribution in [3.8, 4) is 0 Å². The number of carbonyl (C=O) groups excluding carboxylic acids is 3. The number of H-pyrrole nitrogens is 1.